The lowest BCUT2D eigenvalue weighted by Gasteiger charge is -1.93. The molecule has 6 nitrogen and oxygen atoms in total. The minimum absolute atomic E-state index is 0.178. The van der Waals surface area contributed by atoms with E-state index in [1.165, 1.54) is 14.0 Å². The molecule has 0 bridgehead atoms. The zero-order chi connectivity index (χ0) is 8.59. The summed E-state index contributed by atoms with van der Waals surface area (Å²) >= 11 is 0. The topological polar surface area (TPSA) is 81.2 Å². The van der Waals surface area contributed by atoms with Crippen LogP contribution < -0.4 is 0 Å². The Labute approximate surface area is 62.2 Å². The number of imidazole rings is 1. The van der Waals surface area contributed by atoms with E-state index in [0.717, 1.165) is 4.57 Å². The lowest BCUT2D eigenvalue weighted by atomic mass is 10.5. The van der Waals surface area contributed by atoms with Crippen molar-refractivity contribution >= 4 is 5.82 Å². The summed E-state index contributed by atoms with van der Waals surface area (Å²) in [6, 6.07) is -0.339. The van der Waals surface area contributed by atoms with E-state index in [2.05, 4.69) is 4.98 Å². The van der Waals surface area contributed by atoms with Crippen LogP contribution in [0, 0.1) is 17.0 Å². The van der Waals surface area contributed by atoms with Crippen LogP contribution in [0.4, 0.5) is 5.82 Å². The molecule has 0 aliphatic carbocycles. The van der Waals surface area contributed by atoms with E-state index in [0.29, 0.717) is 0 Å². The number of rotatable bonds is 1. The highest BCUT2D eigenvalue weighted by Crippen LogP contribution is 2.20. The molecule has 0 amide bonds. The summed E-state index contributed by atoms with van der Waals surface area (Å²) < 4.78 is 1.02. The Bertz CT molecular complexity index is 304. The fourth-order valence-electron chi connectivity index (χ4n) is 0.867. The van der Waals surface area contributed by atoms with Gasteiger partial charge in [0.2, 0.25) is 0 Å². The zero-order valence-corrected chi connectivity index (χ0v) is 6.11. The van der Waals surface area contributed by atoms with E-state index in [1.807, 2.05) is 0 Å². The van der Waals surface area contributed by atoms with Crippen molar-refractivity contribution < 1.29 is 10.0 Å². The fourth-order valence-corrected chi connectivity index (χ4v) is 0.867. The Morgan fingerprint density at radius 2 is 2.27 bits per heavy atom. The molecule has 0 saturated heterocycles. The van der Waals surface area contributed by atoms with Gasteiger partial charge in [-0.05, 0) is 11.8 Å². The van der Waals surface area contributed by atoms with Crippen LogP contribution in [-0.2, 0) is 7.05 Å². The van der Waals surface area contributed by atoms with Crippen molar-refractivity contribution in [2.24, 2.45) is 7.05 Å². The number of nitrogens with zero attached hydrogens (tertiary/aromatic N) is 3. The van der Waals surface area contributed by atoms with E-state index in [9.17, 15) is 10.1 Å². The summed E-state index contributed by atoms with van der Waals surface area (Å²) in [4.78, 5) is 13.2. The van der Waals surface area contributed by atoms with E-state index in [4.69, 9.17) is 5.11 Å². The standard InChI is InChI=1S/C5H7N3O3/c1-3-4(8(10)11)7(2)5(9)6-3/h1-2H3,(H,6,9). The SMILES string of the molecule is Cc1nc(O)n(C)c1[N+](=O)[O-]. The maximum atomic E-state index is 10.3. The lowest BCUT2D eigenvalue weighted by molar-refractivity contribution is -0.392. The second-order valence-electron chi connectivity index (χ2n) is 2.14. The van der Waals surface area contributed by atoms with Crippen LogP contribution in [-0.4, -0.2) is 19.6 Å². The summed E-state index contributed by atoms with van der Waals surface area (Å²) in [6.45, 7) is 1.47. The molecule has 0 spiro atoms. The number of nitro groups is 1. The van der Waals surface area contributed by atoms with Crippen molar-refractivity contribution in [3.05, 3.63) is 15.8 Å². The Morgan fingerprint density at radius 3 is 2.45 bits per heavy atom. The highest BCUT2D eigenvalue weighted by Gasteiger charge is 2.20. The van der Waals surface area contributed by atoms with Gasteiger partial charge in [-0.25, -0.2) is 0 Å². The smallest absolute Gasteiger partial charge is 0.388 e. The van der Waals surface area contributed by atoms with Gasteiger partial charge in [-0.3, -0.25) is 0 Å². The third-order valence-electron chi connectivity index (χ3n) is 1.38. The molecule has 6 heteroatoms. The Hall–Kier alpha value is -1.59. The van der Waals surface area contributed by atoms with Gasteiger partial charge in [0.05, 0.1) is 7.05 Å². The third-order valence-corrected chi connectivity index (χ3v) is 1.38. The fraction of sp³-hybridized carbons (Fsp3) is 0.400. The predicted octanol–water partition coefficient (Wildman–Crippen LogP) is 0.342. The summed E-state index contributed by atoms with van der Waals surface area (Å²) in [5.74, 6) is -0.178. The van der Waals surface area contributed by atoms with Gasteiger partial charge in [0.1, 0.15) is 5.69 Å². The molecule has 1 rings (SSSR count). The highest BCUT2D eigenvalue weighted by atomic mass is 16.6. The number of hydrogen-bond donors (Lipinski definition) is 1. The maximum absolute atomic E-state index is 10.3. The van der Waals surface area contributed by atoms with Gasteiger partial charge < -0.3 is 15.2 Å². The molecule has 0 unspecified atom stereocenters. The van der Waals surface area contributed by atoms with Crippen molar-refractivity contribution in [3.8, 4) is 6.01 Å². The molecule has 60 valence electrons. The second kappa shape index (κ2) is 2.22. The van der Waals surface area contributed by atoms with Crippen LogP contribution in [0.2, 0.25) is 0 Å². The first-order valence-corrected chi connectivity index (χ1v) is 2.90. The normalized spacial score (nSPS) is 10.0. The van der Waals surface area contributed by atoms with Gasteiger partial charge in [-0.1, -0.05) is 0 Å². The van der Waals surface area contributed by atoms with Crippen molar-refractivity contribution in [1.29, 1.82) is 0 Å². The lowest BCUT2D eigenvalue weighted by Crippen LogP contribution is -1.97. The van der Waals surface area contributed by atoms with E-state index in [1.54, 1.807) is 0 Å². The first-order valence-electron chi connectivity index (χ1n) is 2.90. The van der Waals surface area contributed by atoms with Gasteiger partial charge in [0, 0.05) is 0 Å². The Morgan fingerprint density at radius 1 is 1.73 bits per heavy atom. The largest absolute Gasteiger partial charge is 0.463 e. The first-order chi connectivity index (χ1) is 5.04. The number of aromatic nitrogens is 2. The van der Waals surface area contributed by atoms with Crippen LogP contribution in [0.5, 0.6) is 6.01 Å². The highest BCUT2D eigenvalue weighted by molar-refractivity contribution is 5.30. The summed E-state index contributed by atoms with van der Waals surface area (Å²) in [6.07, 6.45) is 0. The van der Waals surface area contributed by atoms with Crippen LogP contribution in [0.15, 0.2) is 0 Å². The molecule has 1 aromatic heterocycles. The second-order valence-corrected chi connectivity index (χ2v) is 2.14. The minimum Gasteiger partial charge on any atom is -0.463 e. The number of aromatic hydroxyl groups is 1. The first kappa shape index (κ1) is 7.52. The van der Waals surface area contributed by atoms with E-state index in [-0.39, 0.29) is 17.5 Å². The van der Waals surface area contributed by atoms with E-state index >= 15 is 0 Å². The monoisotopic (exact) mass is 157 g/mol. The number of hydrogen-bond acceptors (Lipinski definition) is 4. The maximum Gasteiger partial charge on any atom is 0.388 e. The summed E-state index contributed by atoms with van der Waals surface area (Å²) in [7, 11) is 1.38. The summed E-state index contributed by atoms with van der Waals surface area (Å²) in [5.41, 5.74) is 0.218. The van der Waals surface area contributed by atoms with Gasteiger partial charge in [0.25, 0.3) is 0 Å². The molecule has 0 aliphatic heterocycles. The van der Waals surface area contributed by atoms with Crippen molar-refractivity contribution in [3.63, 3.8) is 0 Å². The molecular formula is C5H7N3O3. The van der Waals surface area contributed by atoms with Crippen LogP contribution in [0.25, 0.3) is 0 Å². The molecule has 11 heavy (non-hydrogen) atoms. The molecule has 0 aromatic carbocycles. The van der Waals surface area contributed by atoms with E-state index < -0.39 is 4.92 Å². The van der Waals surface area contributed by atoms with Crippen LogP contribution in [0.1, 0.15) is 5.69 Å². The Balaban J connectivity index is 3.34. The Kier molecular flexibility index (Phi) is 1.52. The quantitative estimate of drug-likeness (QED) is 0.470. The molecule has 0 fully saturated rings. The van der Waals surface area contributed by atoms with Crippen molar-refractivity contribution in [2.45, 2.75) is 6.92 Å². The average molecular weight is 157 g/mol. The van der Waals surface area contributed by atoms with Gasteiger partial charge in [-0.15, -0.1) is 0 Å². The van der Waals surface area contributed by atoms with Crippen molar-refractivity contribution in [1.82, 2.24) is 9.55 Å². The zero-order valence-electron chi connectivity index (χ0n) is 6.11. The molecule has 0 radical (unpaired) electrons. The molecule has 0 aliphatic rings. The minimum atomic E-state index is -0.581. The molecule has 1 N–H and O–H groups in total. The van der Waals surface area contributed by atoms with Gasteiger partial charge in [0.15, 0.2) is 0 Å². The molecule has 0 atom stereocenters. The molecule has 1 heterocycles. The third kappa shape index (κ3) is 1.02. The molecule has 1 aromatic rings. The average Bonchev–Trinajstić information content (AvgIpc) is 2.07. The van der Waals surface area contributed by atoms with Crippen LogP contribution >= 0.6 is 0 Å². The van der Waals surface area contributed by atoms with Crippen molar-refractivity contribution in [2.75, 3.05) is 0 Å². The van der Waals surface area contributed by atoms with Gasteiger partial charge in [-0.2, -0.15) is 9.55 Å². The summed E-state index contributed by atoms with van der Waals surface area (Å²) in [5, 5.41) is 19.2. The molecular weight excluding hydrogens is 150 g/mol. The molecule has 0 saturated carbocycles. The predicted molar refractivity (Wildman–Crippen MR) is 36.3 cm³/mol. The van der Waals surface area contributed by atoms with Crippen LogP contribution in [0.3, 0.4) is 0 Å². The van der Waals surface area contributed by atoms with Gasteiger partial charge >= 0.3 is 11.8 Å². The number of aryl methyl sites for hydroxylation is 1.